The van der Waals surface area contributed by atoms with Crippen LogP contribution in [0.25, 0.3) is 0 Å². The number of benzene rings is 1. The molecule has 5 nitrogen and oxygen atoms in total. The fourth-order valence-corrected chi connectivity index (χ4v) is 2.31. The normalized spacial score (nSPS) is 22.8. The van der Waals surface area contributed by atoms with Crippen molar-refractivity contribution in [1.82, 2.24) is 0 Å². The van der Waals surface area contributed by atoms with Gasteiger partial charge in [-0.3, -0.25) is 10.1 Å². The second-order valence-electron chi connectivity index (χ2n) is 4.93. The molecular weight excluding hydrogens is 270 g/mol. The average molecular weight is 286 g/mol. The lowest BCUT2D eigenvalue weighted by molar-refractivity contribution is -0.385. The van der Waals surface area contributed by atoms with Crippen molar-refractivity contribution in [1.29, 1.82) is 0 Å². The summed E-state index contributed by atoms with van der Waals surface area (Å²) < 4.78 is 31.5. The Hall–Kier alpha value is -1.76. The summed E-state index contributed by atoms with van der Waals surface area (Å²) in [5.41, 5.74) is 4.97. The summed E-state index contributed by atoms with van der Waals surface area (Å²) >= 11 is 0. The molecule has 0 aromatic heterocycles. The van der Waals surface area contributed by atoms with E-state index in [1.807, 2.05) is 0 Å². The molecule has 2 N–H and O–H groups in total. The lowest BCUT2D eigenvalue weighted by atomic mass is 9.93. The van der Waals surface area contributed by atoms with Gasteiger partial charge in [0.25, 0.3) is 12.1 Å². The van der Waals surface area contributed by atoms with E-state index in [1.54, 1.807) is 0 Å². The Kier molecular flexibility index (Phi) is 4.49. The Morgan fingerprint density at radius 1 is 1.30 bits per heavy atom. The van der Waals surface area contributed by atoms with Gasteiger partial charge < -0.3 is 10.5 Å². The van der Waals surface area contributed by atoms with Gasteiger partial charge in [-0.05, 0) is 31.7 Å². The number of nitro benzene ring substituents is 1. The van der Waals surface area contributed by atoms with E-state index in [2.05, 4.69) is 0 Å². The third kappa shape index (κ3) is 3.41. The number of hydrogen-bond donors (Lipinski definition) is 1. The van der Waals surface area contributed by atoms with E-state index in [9.17, 15) is 18.9 Å². The van der Waals surface area contributed by atoms with Crippen molar-refractivity contribution in [3.05, 3.63) is 33.9 Å². The fraction of sp³-hybridized carbons (Fsp3) is 0.538. The van der Waals surface area contributed by atoms with Crippen LogP contribution in [0, 0.1) is 10.1 Å². The molecule has 1 saturated carbocycles. The molecule has 1 fully saturated rings. The first kappa shape index (κ1) is 14.6. The van der Waals surface area contributed by atoms with Gasteiger partial charge in [-0.1, -0.05) is 0 Å². The standard InChI is InChI=1S/C13H16F2N2O3/c14-13(15)11-7-9(17(18)19)3-6-12(11)20-10-4-1-8(16)2-5-10/h3,6-8,10,13H,1-2,4-5,16H2. The highest BCUT2D eigenvalue weighted by Crippen LogP contribution is 2.34. The van der Waals surface area contributed by atoms with E-state index < -0.39 is 16.9 Å². The number of ether oxygens (including phenoxy) is 1. The van der Waals surface area contributed by atoms with Crippen molar-refractivity contribution in [3.63, 3.8) is 0 Å². The van der Waals surface area contributed by atoms with Crippen LogP contribution in [-0.2, 0) is 0 Å². The van der Waals surface area contributed by atoms with Crippen molar-refractivity contribution >= 4 is 5.69 Å². The summed E-state index contributed by atoms with van der Waals surface area (Å²) in [6, 6.07) is 3.43. The molecule has 0 heterocycles. The van der Waals surface area contributed by atoms with Crippen molar-refractivity contribution in [3.8, 4) is 5.75 Å². The lowest BCUT2D eigenvalue weighted by Crippen LogP contribution is -2.31. The zero-order chi connectivity index (χ0) is 14.7. The van der Waals surface area contributed by atoms with E-state index in [0.29, 0.717) is 12.8 Å². The zero-order valence-electron chi connectivity index (χ0n) is 10.8. The van der Waals surface area contributed by atoms with Crippen molar-refractivity contribution in [2.45, 2.75) is 44.3 Å². The van der Waals surface area contributed by atoms with Crippen LogP contribution in [0.4, 0.5) is 14.5 Å². The van der Waals surface area contributed by atoms with Crippen molar-refractivity contribution in [2.24, 2.45) is 5.73 Å². The van der Waals surface area contributed by atoms with Gasteiger partial charge in [-0.25, -0.2) is 8.78 Å². The van der Waals surface area contributed by atoms with Gasteiger partial charge >= 0.3 is 0 Å². The monoisotopic (exact) mass is 286 g/mol. The summed E-state index contributed by atoms with van der Waals surface area (Å²) in [5, 5.41) is 10.6. The number of alkyl halides is 2. The minimum absolute atomic E-state index is 0.0195. The van der Waals surface area contributed by atoms with Gasteiger partial charge in [0.2, 0.25) is 0 Å². The smallest absolute Gasteiger partial charge is 0.270 e. The first-order chi connectivity index (χ1) is 9.47. The summed E-state index contributed by atoms with van der Waals surface area (Å²) in [7, 11) is 0. The maximum Gasteiger partial charge on any atom is 0.270 e. The predicted octanol–water partition coefficient (Wildman–Crippen LogP) is 3.18. The molecular formula is C13H16F2N2O3. The highest BCUT2D eigenvalue weighted by molar-refractivity contribution is 5.44. The van der Waals surface area contributed by atoms with Crippen LogP contribution < -0.4 is 10.5 Å². The molecule has 0 amide bonds. The second-order valence-corrected chi connectivity index (χ2v) is 4.93. The molecule has 20 heavy (non-hydrogen) atoms. The van der Waals surface area contributed by atoms with Gasteiger partial charge in [-0.2, -0.15) is 0 Å². The first-order valence-electron chi connectivity index (χ1n) is 6.46. The summed E-state index contributed by atoms with van der Waals surface area (Å²) in [5.74, 6) is 0.0195. The average Bonchev–Trinajstić information content (AvgIpc) is 2.41. The quantitative estimate of drug-likeness (QED) is 0.681. The highest BCUT2D eigenvalue weighted by atomic mass is 19.3. The maximum absolute atomic E-state index is 13.0. The largest absolute Gasteiger partial charge is 0.490 e. The molecule has 0 unspecified atom stereocenters. The van der Waals surface area contributed by atoms with E-state index in [-0.39, 0.29) is 23.6 Å². The van der Waals surface area contributed by atoms with E-state index in [0.717, 1.165) is 18.9 Å². The van der Waals surface area contributed by atoms with Gasteiger partial charge in [0, 0.05) is 18.2 Å². The van der Waals surface area contributed by atoms with E-state index in [1.165, 1.54) is 12.1 Å². The Morgan fingerprint density at radius 2 is 1.95 bits per heavy atom. The molecule has 1 aromatic carbocycles. The molecule has 0 bridgehead atoms. The molecule has 1 aliphatic carbocycles. The second kappa shape index (κ2) is 6.13. The molecule has 110 valence electrons. The Labute approximate surface area is 114 Å². The summed E-state index contributed by atoms with van der Waals surface area (Å²) in [6.45, 7) is 0. The Balaban J connectivity index is 2.16. The van der Waals surface area contributed by atoms with E-state index in [4.69, 9.17) is 10.5 Å². The number of nitro groups is 1. The van der Waals surface area contributed by atoms with Crippen LogP contribution in [0.3, 0.4) is 0 Å². The molecule has 1 aromatic rings. The number of hydrogen-bond acceptors (Lipinski definition) is 4. The SMILES string of the molecule is NC1CCC(Oc2ccc([N+](=O)[O-])cc2C(F)F)CC1. The minimum Gasteiger partial charge on any atom is -0.490 e. The molecule has 1 aliphatic rings. The minimum atomic E-state index is -2.81. The highest BCUT2D eigenvalue weighted by Gasteiger charge is 2.24. The third-order valence-corrected chi connectivity index (χ3v) is 3.45. The van der Waals surface area contributed by atoms with Gasteiger partial charge in [0.1, 0.15) is 5.75 Å². The molecule has 2 rings (SSSR count). The Morgan fingerprint density at radius 3 is 2.50 bits per heavy atom. The summed E-state index contributed by atoms with van der Waals surface area (Å²) in [6.07, 6.45) is 0.0369. The topological polar surface area (TPSA) is 78.4 Å². The number of nitrogens with zero attached hydrogens (tertiary/aromatic N) is 1. The summed E-state index contributed by atoms with van der Waals surface area (Å²) in [4.78, 5) is 9.92. The number of non-ortho nitro benzene ring substituents is 1. The number of rotatable bonds is 4. The first-order valence-corrected chi connectivity index (χ1v) is 6.46. The maximum atomic E-state index is 13.0. The number of nitrogens with two attached hydrogens (primary N) is 1. The van der Waals surface area contributed by atoms with Gasteiger partial charge in [0.05, 0.1) is 16.6 Å². The van der Waals surface area contributed by atoms with Crippen molar-refractivity contribution in [2.75, 3.05) is 0 Å². The predicted molar refractivity (Wildman–Crippen MR) is 68.9 cm³/mol. The van der Waals surface area contributed by atoms with Crippen LogP contribution in [0.15, 0.2) is 18.2 Å². The molecule has 0 spiro atoms. The van der Waals surface area contributed by atoms with Crippen LogP contribution in [0.5, 0.6) is 5.75 Å². The molecule has 0 atom stereocenters. The third-order valence-electron chi connectivity index (χ3n) is 3.45. The fourth-order valence-electron chi connectivity index (χ4n) is 2.31. The van der Waals surface area contributed by atoms with Crippen molar-refractivity contribution < 1.29 is 18.4 Å². The van der Waals surface area contributed by atoms with Gasteiger partial charge in [-0.15, -0.1) is 0 Å². The molecule has 0 saturated heterocycles. The molecule has 7 heteroatoms. The lowest BCUT2D eigenvalue weighted by Gasteiger charge is -2.27. The molecule has 0 radical (unpaired) electrons. The van der Waals surface area contributed by atoms with Crippen LogP contribution in [0.1, 0.15) is 37.7 Å². The van der Waals surface area contributed by atoms with Crippen LogP contribution >= 0.6 is 0 Å². The molecule has 0 aliphatic heterocycles. The van der Waals surface area contributed by atoms with E-state index >= 15 is 0 Å². The zero-order valence-corrected chi connectivity index (χ0v) is 10.8. The number of halogens is 2. The Bertz CT molecular complexity index is 489. The van der Waals surface area contributed by atoms with Crippen LogP contribution in [0.2, 0.25) is 0 Å². The van der Waals surface area contributed by atoms with Crippen LogP contribution in [-0.4, -0.2) is 17.1 Å². The van der Waals surface area contributed by atoms with Gasteiger partial charge in [0.15, 0.2) is 0 Å².